The van der Waals surface area contributed by atoms with Crippen LogP contribution in [0.4, 0.5) is 0 Å². The van der Waals surface area contributed by atoms with Crippen LogP contribution in [0.1, 0.15) is 0 Å². The topological polar surface area (TPSA) is 38.1 Å². The summed E-state index contributed by atoms with van der Waals surface area (Å²) in [5.74, 6) is 0.827. The molecule has 0 saturated heterocycles. The van der Waals surface area contributed by atoms with Gasteiger partial charge in [0.05, 0.1) is 15.3 Å². The van der Waals surface area contributed by atoms with E-state index < -0.39 is 0 Å². The molecule has 1 N–H and O–H groups in total. The number of nitrogens with zero attached hydrogens (tertiary/aromatic N) is 1. The fourth-order valence-electron chi connectivity index (χ4n) is 0.951. The second-order valence-electron chi connectivity index (χ2n) is 2.30. The first kappa shape index (κ1) is 8.80. The lowest BCUT2D eigenvalue weighted by Crippen LogP contribution is -1.87. The summed E-state index contributed by atoms with van der Waals surface area (Å²) in [5, 5.41) is 3.66. The van der Waals surface area contributed by atoms with E-state index in [0.29, 0.717) is 0 Å². The van der Waals surface area contributed by atoms with Gasteiger partial charge in [0.15, 0.2) is 5.76 Å². The Labute approximate surface area is 84.3 Å². The van der Waals surface area contributed by atoms with E-state index in [9.17, 15) is 0 Å². The molecular weight excluding hydrogens is 204 g/mol. The van der Waals surface area contributed by atoms with Crippen LogP contribution in [0.3, 0.4) is 0 Å². The van der Waals surface area contributed by atoms with E-state index in [1.54, 1.807) is 29.5 Å². The second kappa shape index (κ2) is 3.95. The van der Waals surface area contributed by atoms with Crippen molar-refractivity contribution >= 4 is 23.3 Å². The molecule has 0 aliphatic carbocycles. The molecule has 3 nitrogen and oxygen atoms in total. The van der Waals surface area contributed by atoms with Crippen LogP contribution in [0.25, 0.3) is 10.6 Å². The number of nitrogens with one attached hydrogen (secondary N) is 1. The van der Waals surface area contributed by atoms with Gasteiger partial charge in [0.2, 0.25) is 0 Å². The highest BCUT2D eigenvalue weighted by Gasteiger charge is 2.05. The van der Waals surface area contributed by atoms with E-state index >= 15 is 0 Å². The average molecular weight is 212 g/mol. The predicted molar refractivity (Wildman–Crippen MR) is 54.7 cm³/mol. The third-order valence-corrected chi connectivity index (χ3v) is 3.40. The molecule has 2 heterocycles. The van der Waals surface area contributed by atoms with Gasteiger partial charge in [-0.1, -0.05) is 5.16 Å². The summed E-state index contributed by atoms with van der Waals surface area (Å²) >= 11 is 3.28. The lowest BCUT2D eigenvalue weighted by Gasteiger charge is -1.90. The van der Waals surface area contributed by atoms with Gasteiger partial charge in [-0.25, -0.2) is 0 Å². The summed E-state index contributed by atoms with van der Waals surface area (Å²) < 4.78 is 9.28. The normalized spacial score (nSPS) is 10.5. The second-order valence-corrected chi connectivity index (χ2v) is 4.70. The van der Waals surface area contributed by atoms with Gasteiger partial charge in [0.25, 0.3) is 0 Å². The van der Waals surface area contributed by atoms with E-state index in [0.717, 1.165) is 10.6 Å². The number of hydrogen-bond donors (Lipinski definition) is 1. The highest BCUT2D eigenvalue weighted by atomic mass is 32.2. The lowest BCUT2D eigenvalue weighted by atomic mass is 10.4. The maximum absolute atomic E-state index is 5.04. The van der Waals surface area contributed by atoms with Gasteiger partial charge in [-0.15, -0.1) is 11.3 Å². The highest BCUT2D eigenvalue weighted by Crippen LogP contribution is 2.32. The molecule has 0 aromatic carbocycles. The van der Waals surface area contributed by atoms with Crippen LogP contribution in [-0.2, 0) is 0 Å². The van der Waals surface area contributed by atoms with Gasteiger partial charge < -0.3 is 4.52 Å². The lowest BCUT2D eigenvalue weighted by molar-refractivity contribution is 0.433. The zero-order valence-electron chi connectivity index (χ0n) is 6.98. The fraction of sp³-hybridized carbons (Fsp3) is 0.125. The Hall–Kier alpha value is -0.780. The number of rotatable bonds is 3. The van der Waals surface area contributed by atoms with Gasteiger partial charge in [0, 0.05) is 6.07 Å². The average Bonchev–Trinajstić information content (AvgIpc) is 2.70. The molecular formula is C8H8N2OS2. The Morgan fingerprint density at radius 1 is 1.46 bits per heavy atom. The molecule has 0 aliphatic heterocycles. The molecule has 13 heavy (non-hydrogen) atoms. The Bertz CT molecular complexity index is 369. The SMILES string of the molecule is CNSc1ccc(-c2ccno2)s1. The van der Waals surface area contributed by atoms with Crippen molar-refractivity contribution in [2.45, 2.75) is 4.21 Å². The summed E-state index contributed by atoms with van der Waals surface area (Å²) in [7, 11) is 1.90. The van der Waals surface area contributed by atoms with E-state index in [1.165, 1.54) is 4.21 Å². The van der Waals surface area contributed by atoms with Crippen molar-refractivity contribution in [2.24, 2.45) is 0 Å². The smallest absolute Gasteiger partial charge is 0.176 e. The van der Waals surface area contributed by atoms with Crippen LogP contribution in [0.2, 0.25) is 0 Å². The number of thiophene rings is 1. The number of aromatic nitrogens is 1. The highest BCUT2D eigenvalue weighted by molar-refractivity contribution is 7.99. The standard InChI is InChI=1S/C8H8N2OS2/c1-9-13-8-3-2-7(12-8)6-4-5-10-11-6/h2-5,9H,1H3. The van der Waals surface area contributed by atoms with Crippen LogP contribution in [-0.4, -0.2) is 12.2 Å². The monoisotopic (exact) mass is 212 g/mol. The molecule has 2 aromatic heterocycles. The summed E-state index contributed by atoms with van der Waals surface area (Å²) in [4.78, 5) is 1.11. The minimum Gasteiger partial charge on any atom is -0.355 e. The Kier molecular flexibility index (Phi) is 2.68. The van der Waals surface area contributed by atoms with Crippen LogP contribution in [0, 0.1) is 0 Å². The molecule has 2 aromatic rings. The molecule has 0 spiro atoms. The molecule has 0 unspecified atom stereocenters. The van der Waals surface area contributed by atoms with Gasteiger partial charge >= 0.3 is 0 Å². The predicted octanol–water partition coefficient (Wildman–Crippen LogP) is 2.63. The first-order chi connectivity index (χ1) is 6.40. The summed E-state index contributed by atoms with van der Waals surface area (Å²) in [6, 6.07) is 5.95. The van der Waals surface area contributed by atoms with E-state index in [4.69, 9.17) is 4.52 Å². The van der Waals surface area contributed by atoms with E-state index in [2.05, 4.69) is 15.9 Å². The minimum absolute atomic E-state index is 0.827. The zero-order valence-corrected chi connectivity index (χ0v) is 8.61. The summed E-state index contributed by atoms with van der Waals surface area (Å²) in [5.41, 5.74) is 0. The Morgan fingerprint density at radius 2 is 2.38 bits per heavy atom. The third-order valence-electron chi connectivity index (χ3n) is 1.46. The van der Waals surface area contributed by atoms with Crippen molar-refractivity contribution < 1.29 is 4.52 Å². The third kappa shape index (κ3) is 1.93. The largest absolute Gasteiger partial charge is 0.355 e. The molecule has 0 saturated carbocycles. The molecule has 0 amide bonds. The Balaban J connectivity index is 2.23. The van der Waals surface area contributed by atoms with Crippen LogP contribution in [0.15, 0.2) is 33.1 Å². The van der Waals surface area contributed by atoms with Crippen LogP contribution in [0.5, 0.6) is 0 Å². The van der Waals surface area contributed by atoms with Crippen molar-refractivity contribution in [2.75, 3.05) is 7.05 Å². The molecule has 0 atom stereocenters. The minimum atomic E-state index is 0.827. The maximum atomic E-state index is 5.04. The summed E-state index contributed by atoms with van der Waals surface area (Å²) in [6.07, 6.45) is 1.65. The van der Waals surface area contributed by atoms with Crippen molar-refractivity contribution in [3.05, 3.63) is 24.4 Å². The van der Waals surface area contributed by atoms with E-state index in [-0.39, 0.29) is 0 Å². The molecule has 0 fully saturated rings. The molecule has 2 rings (SSSR count). The van der Waals surface area contributed by atoms with Gasteiger partial charge in [0.1, 0.15) is 0 Å². The van der Waals surface area contributed by atoms with E-state index in [1.807, 2.05) is 19.2 Å². The van der Waals surface area contributed by atoms with Gasteiger partial charge in [-0.05, 0) is 31.1 Å². The fourth-order valence-corrected chi connectivity index (χ4v) is 2.67. The van der Waals surface area contributed by atoms with Gasteiger partial charge in [-0.3, -0.25) is 4.72 Å². The van der Waals surface area contributed by atoms with Crippen molar-refractivity contribution in [1.82, 2.24) is 9.88 Å². The van der Waals surface area contributed by atoms with Crippen molar-refractivity contribution in [3.63, 3.8) is 0 Å². The van der Waals surface area contributed by atoms with Crippen LogP contribution >= 0.6 is 23.3 Å². The van der Waals surface area contributed by atoms with Gasteiger partial charge in [-0.2, -0.15) is 0 Å². The molecule has 0 bridgehead atoms. The molecule has 68 valence electrons. The Morgan fingerprint density at radius 3 is 3.08 bits per heavy atom. The first-order valence-corrected chi connectivity index (χ1v) is 5.38. The maximum Gasteiger partial charge on any atom is 0.176 e. The number of hydrogen-bond acceptors (Lipinski definition) is 5. The zero-order chi connectivity index (χ0) is 9.10. The van der Waals surface area contributed by atoms with Crippen LogP contribution < -0.4 is 4.72 Å². The van der Waals surface area contributed by atoms with Crippen molar-refractivity contribution in [3.8, 4) is 10.6 Å². The molecule has 0 radical (unpaired) electrons. The molecule has 0 aliphatic rings. The first-order valence-electron chi connectivity index (χ1n) is 3.74. The van der Waals surface area contributed by atoms with Crippen molar-refractivity contribution in [1.29, 1.82) is 0 Å². The summed E-state index contributed by atoms with van der Waals surface area (Å²) in [6.45, 7) is 0. The quantitative estimate of drug-likeness (QED) is 0.794. The molecule has 5 heteroatoms.